The Balaban J connectivity index is 1.49. The lowest BCUT2D eigenvalue weighted by atomic mass is 10.0. The molecule has 3 aromatic carbocycles. The Kier molecular flexibility index (Phi) is 4.81. The van der Waals surface area contributed by atoms with Gasteiger partial charge in [0.25, 0.3) is 0 Å². The van der Waals surface area contributed by atoms with Gasteiger partial charge in [0.1, 0.15) is 0 Å². The molecule has 1 aliphatic heterocycles. The van der Waals surface area contributed by atoms with E-state index in [1.54, 1.807) is 0 Å². The van der Waals surface area contributed by atoms with Gasteiger partial charge >= 0.3 is 0 Å². The molecule has 0 saturated carbocycles. The van der Waals surface area contributed by atoms with E-state index in [-0.39, 0.29) is 12.1 Å². The molecule has 1 fully saturated rings. The van der Waals surface area contributed by atoms with Crippen LogP contribution in [-0.2, 0) is 0 Å². The van der Waals surface area contributed by atoms with Crippen LogP contribution in [0.3, 0.4) is 0 Å². The van der Waals surface area contributed by atoms with Gasteiger partial charge in [-0.25, -0.2) is 0 Å². The lowest BCUT2D eigenvalue weighted by molar-refractivity contribution is 0.145. The zero-order chi connectivity index (χ0) is 17.9. The van der Waals surface area contributed by atoms with Gasteiger partial charge < -0.3 is 15.3 Å². The highest BCUT2D eigenvalue weighted by Gasteiger charge is 2.17. The molecule has 1 unspecified atom stereocenters. The predicted molar refractivity (Wildman–Crippen MR) is 110 cm³/mol. The fourth-order valence-corrected chi connectivity index (χ4v) is 3.77. The van der Waals surface area contributed by atoms with Crippen LogP contribution in [0, 0.1) is 0 Å². The second-order valence-electron chi connectivity index (χ2n) is 7.20. The van der Waals surface area contributed by atoms with Gasteiger partial charge in [0.15, 0.2) is 0 Å². The third kappa shape index (κ3) is 3.54. The van der Waals surface area contributed by atoms with Crippen LogP contribution in [-0.4, -0.2) is 24.3 Å². The lowest BCUT2D eigenvalue weighted by Gasteiger charge is -2.31. The van der Waals surface area contributed by atoms with E-state index in [0.717, 1.165) is 25.9 Å². The largest absolute Gasteiger partial charge is 0.393 e. The standard InChI is InChI=1S/C23H26N2O/c1-17(24-23-8-4-6-19-5-2-3-7-22(19)23)18-9-11-20(12-10-18)25-15-13-21(26)14-16-25/h2-12,17,21,24,26H,13-16H2,1H3. The summed E-state index contributed by atoms with van der Waals surface area (Å²) in [7, 11) is 0. The molecule has 2 N–H and O–H groups in total. The number of hydrogen-bond acceptors (Lipinski definition) is 3. The zero-order valence-corrected chi connectivity index (χ0v) is 15.2. The van der Waals surface area contributed by atoms with Crippen LogP contribution in [0.2, 0.25) is 0 Å². The highest BCUT2D eigenvalue weighted by atomic mass is 16.3. The summed E-state index contributed by atoms with van der Waals surface area (Å²) in [6.45, 7) is 4.07. The fourth-order valence-electron chi connectivity index (χ4n) is 3.77. The molecule has 26 heavy (non-hydrogen) atoms. The Hall–Kier alpha value is -2.52. The van der Waals surface area contributed by atoms with E-state index in [1.807, 2.05) is 0 Å². The van der Waals surface area contributed by atoms with E-state index in [9.17, 15) is 5.11 Å². The molecule has 134 valence electrons. The van der Waals surface area contributed by atoms with E-state index in [0.29, 0.717) is 0 Å². The first-order valence-corrected chi connectivity index (χ1v) is 9.48. The maximum Gasteiger partial charge on any atom is 0.0574 e. The first kappa shape index (κ1) is 16.9. The van der Waals surface area contributed by atoms with Crippen molar-refractivity contribution in [1.29, 1.82) is 0 Å². The number of piperidine rings is 1. The van der Waals surface area contributed by atoms with Gasteiger partial charge in [0.05, 0.1) is 6.10 Å². The van der Waals surface area contributed by atoms with Gasteiger partial charge in [0, 0.05) is 35.9 Å². The Labute approximate surface area is 155 Å². The Morgan fingerprint density at radius 2 is 1.62 bits per heavy atom. The number of aliphatic hydroxyl groups excluding tert-OH is 1. The van der Waals surface area contributed by atoms with Crippen LogP contribution in [0.1, 0.15) is 31.4 Å². The average Bonchev–Trinajstić information content (AvgIpc) is 2.69. The number of hydrogen-bond donors (Lipinski definition) is 2. The molecule has 0 spiro atoms. The third-order valence-corrected chi connectivity index (χ3v) is 5.38. The average molecular weight is 346 g/mol. The smallest absolute Gasteiger partial charge is 0.0574 e. The highest BCUT2D eigenvalue weighted by Crippen LogP contribution is 2.28. The number of fused-ring (bicyclic) bond motifs is 1. The summed E-state index contributed by atoms with van der Waals surface area (Å²) in [4.78, 5) is 2.36. The fraction of sp³-hybridized carbons (Fsp3) is 0.304. The van der Waals surface area contributed by atoms with Gasteiger partial charge in [0.2, 0.25) is 0 Å². The van der Waals surface area contributed by atoms with Crippen LogP contribution in [0.4, 0.5) is 11.4 Å². The van der Waals surface area contributed by atoms with Gasteiger partial charge in [-0.2, -0.15) is 0 Å². The monoisotopic (exact) mass is 346 g/mol. The van der Waals surface area contributed by atoms with E-state index in [4.69, 9.17) is 0 Å². The summed E-state index contributed by atoms with van der Waals surface area (Å²) in [6, 6.07) is 23.9. The molecule has 1 aliphatic rings. The van der Waals surface area contributed by atoms with Gasteiger partial charge in [-0.05, 0) is 48.9 Å². The van der Waals surface area contributed by atoms with Crippen molar-refractivity contribution in [3.8, 4) is 0 Å². The highest BCUT2D eigenvalue weighted by molar-refractivity contribution is 5.93. The summed E-state index contributed by atoms with van der Waals surface area (Å²) in [6.07, 6.45) is 1.59. The second kappa shape index (κ2) is 7.38. The topological polar surface area (TPSA) is 35.5 Å². The molecular weight excluding hydrogens is 320 g/mol. The summed E-state index contributed by atoms with van der Waals surface area (Å²) >= 11 is 0. The molecule has 1 heterocycles. The molecule has 0 aromatic heterocycles. The van der Waals surface area contributed by atoms with Crippen molar-refractivity contribution in [1.82, 2.24) is 0 Å². The number of nitrogens with one attached hydrogen (secondary N) is 1. The number of nitrogens with zero attached hydrogens (tertiary/aromatic N) is 1. The van der Waals surface area contributed by atoms with Crippen LogP contribution >= 0.6 is 0 Å². The first-order valence-electron chi connectivity index (χ1n) is 9.48. The quantitative estimate of drug-likeness (QED) is 0.700. The maximum absolute atomic E-state index is 9.67. The Morgan fingerprint density at radius 1 is 0.923 bits per heavy atom. The van der Waals surface area contributed by atoms with Crippen LogP contribution in [0.5, 0.6) is 0 Å². The second-order valence-corrected chi connectivity index (χ2v) is 7.20. The molecule has 0 amide bonds. The minimum atomic E-state index is -0.129. The van der Waals surface area contributed by atoms with Crippen LogP contribution in [0.25, 0.3) is 10.8 Å². The van der Waals surface area contributed by atoms with E-state index >= 15 is 0 Å². The summed E-state index contributed by atoms with van der Waals surface area (Å²) in [5.74, 6) is 0. The molecule has 0 aliphatic carbocycles. The number of anilines is 2. The minimum absolute atomic E-state index is 0.129. The molecule has 3 nitrogen and oxygen atoms in total. The van der Waals surface area contributed by atoms with E-state index < -0.39 is 0 Å². The van der Waals surface area contributed by atoms with E-state index in [1.165, 1.54) is 27.7 Å². The van der Waals surface area contributed by atoms with Crippen molar-refractivity contribution < 1.29 is 5.11 Å². The molecule has 0 bridgehead atoms. The predicted octanol–water partition coefficient (Wildman–Crippen LogP) is 4.97. The Bertz CT molecular complexity index is 862. The summed E-state index contributed by atoms with van der Waals surface area (Å²) in [5, 5.41) is 15.8. The minimum Gasteiger partial charge on any atom is -0.393 e. The van der Waals surface area contributed by atoms with Crippen LogP contribution < -0.4 is 10.2 Å². The number of benzene rings is 3. The molecule has 3 aromatic rings. The van der Waals surface area contributed by atoms with Crippen molar-refractivity contribution in [2.24, 2.45) is 0 Å². The maximum atomic E-state index is 9.67. The Morgan fingerprint density at radius 3 is 2.38 bits per heavy atom. The molecule has 1 saturated heterocycles. The lowest BCUT2D eigenvalue weighted by Crippen LogP contribution is -2.35. The first-order chi connectivity index (χ1) is 12.7. The number of rotatable bonds is 4. The molecule has 1 atom stereocenters. The third-order valence-electron chi connectivity index (χ3n) is 5.38. The summed E-state index contributed by atoms with van der Waals surface area (Å²) in [5.41, 5.74) is 3.70. The normalized spacial score (nSPS) is 16.6. The molecule has 3 heteroatoms. The molecular formula is C23H26N2O. The SMILES string of the molecule is CC(Nc1cccc2ccccc12)c1ccc(N2CCC(O)CC2)cc1. The van der Waals surface area contributed by atoms with Gasteiger partial charge in [-0.3, -0.25) is 0 Å². The van der Waals surface area contributed by atoms with Crippen molar-refractivity contribution >= 4 is 22.1 Å². The molecule has 4 rings (SSSR count). The zero-order valence-electron chi connectivity index (χ0n) is 15.2. The van der Waals surface area contributed by atoms with E-state index in [2.05, 4.69) is 83.9 Å². The summed E-state index contributed by atoms with van der Waals surface area (Å²) < 4.78 is 0. The van der Waals surface area contributed by atoms with Crippen LogP contribution in [0.15, 0.2) is 66.7 Å². The van der Waals surface area contributed by atoms with Crippen molar-refractivity contribution in [2.45, 2.75) is 31.9 Å². The molecule has 0 radical (unpaired) electrons. The van der Waals surface area contributed by atoms with Gasteiger partial charge in [-0.15, -0.1) is 0 Å². The van der Waals surface area contributed by atoms with Crippen molar-refractivity contribution in [3.63, 3.8) is 0 Å². The van der Waals surface area contributed by atoms with Crippen molar-refractivity contribution in [3.05, 3.63) is 72.3 Å². The number of aliphatic hydroxyl groups is 1. The van der Waals surface area contributed by atoms with Crippen molar-refractivity contribution in [2.75, 3.05) is 23.3 Å². The van der Waals surface area contributed by atoms with Gasteiger partial charge in [-0.1, -0.05) is 48.5 Å².